The minimum Gasteiger partial charge on any atom is -0.495 e. The minimum absolute atomic E-state index is 0.0563. The standard InChI is InChI=1S/C14H20BrNO2/c1-18-14-11(15)7-9-5-3-2-4-6-10(9)13(14)12(16)8-17/h7,12,17H,2-6,8,16H2,1H3. The molecule has 1 aromatic carbocycles. The zero-order chi connectivity index (χ0) is 13.1. The van der Waals surface area contributed by atoms with E-state index < -0.39 is 0 Å². The van der Waals surface area contributed by atoms with E-state index in [-0.39, 0.29) is 12.6 Å². The second-order valence-electron chi connectivity index (χ2n) is 4.79. The van der Waals surface area contributed by atoms with Gasteiger partial charge in [-0.25, -0.2) is 0 Å². The highest BCUT2D eigenvalue weighted by atomic mass is 79.9. The molecule has 0 radical (unpaired) electrons. The Morgan fingerprint density at radius 2 is 2.11 bits per heavy atom. The fraction of sp³-hybridized carbons (Fsp3) is 0.571. The fourth-order valence-electron chi connectivity index (χ4n) is 2.75. The van der Waals surface area contributed by atoms with E-state index in [0.29, 0.717) is 0 Å². The number of halogens is 1. The fourth-order valence-corrected chi connectivity index (χ4v) is 3.40. The van der Waals surface area contributed by atoms with E-state index in [1.165, 1.54) is 30.4 Å². The van der Waals surface area contributed by atoms with Crippen molar-refractivity contribution in [1.29, 1.82) is 0 Å². The van der Waals surface area contributed by atoms with Gasteiger partial charge in [0.25, 0.3) is 0 Å². The Hall–Kier alpha value is -0.580. The average molecular weight is 314 g/mol. The van der Waals surface area contributed by atoms with Crippen LogP contribution in [0.5, 0.6) is 5.75 Å². The molecule has 2 rings (SSSR count). The molecule has 0 aliphatic heterocycles. The quantitative estimate of drug-likeness (QED) is 0.844. The van der Waals surface area contributed by atoms with Gasteiger partial charge in [0.05, 0.1) is 24.2 Å². The molecular formula is C14H20BrNO2. The smallest absolute Gasteiger partial charge is 0.138 e. The second kappa shape index (κ2) is 6.04. The first-order valence-corrected chi connectivity index (χ1v) is 7.23. The third-order valence-corrected chi connectivity index (χ3v) is 4.21. The van der Waals surface area contributed by atoms with Gasteiger partial charge in [-0.1, -0.05) is 6.42 Å². The van der Waals surface area contributed by atoms with Gasteiger partial charge in [0.2, 0.25) is 0 Å². The van der Waals surface area contributed by atoms with Crippen molar-refractivity contribution in [2.45, 2.75) is 38.1 Å². The number of hydrogen-bond acceptors (Lipinski definition) is 3. The van der Waals surface area contributed by atoms with Crippen molar-refractivity contribution in [3.63, 3.8) is 0 Å². The van der Waals surface area contributed by atoms with Gasteiger partial charge in [0, 0.05) is 5.56 Å². The molecule has 1 aromatic rings. The van der Waals surface area contributed by atoms with Crippen molar-refractivity contribution in [3.8, 4) is 5.75 Å². The number of hydrogen-bond donors (Lipinski definition) is 2. The van der Waals surface area contributed by atoms with Crippen LogP contribution < -0.4 is 10.5 Å². The maximum atomic E-state index is 9.38. The van der Waals surface area contributed by atoms with Crippen LogP contribution >= 0.6 is 15.9 Å². The average Bonchev–Trinajstić information content (AvgIpc) is 2.61. The largest absolute Gasteiger partial charge is 0.495 e. The normalized spacial score (nSPS) is 16.9. The van der Waals surface area contributed by atoms with Gasteiger partial charge in [0.1, 0.15) is 5.75 Å². The van der Waals surface area contributed by atoms with Gasteiger partial charge in [0.15, 0.2) is 0 Å². The molecule has 0 aromatic heterocycles. The van der Waals surface area contributed by atoms with Crippen molar-refractivity contribution in [1.82, 2.24) is 0 Å². The molecule has 1 unspecified atom stereocenters. The number of aliphatic hydroxyl groups is 1. The van der Waals surface area contributed by atoms with E-state index in [1.807, 2.05) is 0 Å². The van der Waals surface area contributed by atoms with Gasteiger partial charge in [-0.05, 0) is 58.8 Å². The van der Waals surface area contributed by atoms with Gasteiger partial charge in [-0.3, -0.25) is 0 Å². The molecule has 0 spiro atoms. The Bertz CT molecular complexity index is 434. The van der Waals surface area contributed by atoms with E-state index in [2.05, 4.69) is 22.0 Å². The molecular weight excluding hydrogens is 294 g/mol. The Morgan fingerprint density at radius 3 is 2.78 bits per heavy atom. The van der Waals surface area contributed by atoms with Crippen molar-refractivity contribution < 1.29 is 9.84 Å². The third kappa shape index (κ3) is 2.56. The summed E-state index contributed by atoms with van der Waals surface area (Å²) in [6.07, 6.45) is 5.77. The van der Waals surface area contributed by atoms with E-state index in [4.69, 9.17) is 10.5 Å². The highest BCUT2D eigenvalue weighted by Gasteiger charge is 2.22. The van der Waals surface area contributed by atoms with Crippen LogP contribution in [0.1, 0.15) is 42.0 Å². The number of ether oxygens (including phenoxy) is 1. The first kappa shape index (κ1) is 13.8. The number of benzene rings is 1. The van der Waals surface area contributed by atoms with Crippen LogP contribution in [0.25, 0.3) is 0 Å². The lowest BCUT2D eigenvalue weighted by atomic mass is 9.92. The van der Waals surface area contributed by atoms with Crippen LogP contribution in [0.2, 0.25) is 0 Å². The first-order valence-electron chi connectivity index (χ1n) is 6.43. The van der Waals surface area contributed by atoms with Crippen LogP contribution in [-0.2, 0) is 12.8 Å². The lowest BCUT2D eigenvalue weighted by Crippen LogP contribution is -2.19. The van der Waals surface area contributed by atoms with Gasteiger partial charge < -0.3 is 15.6 Å². The Kier molecular flexibility index (Phi) is 4.65. The van der Waals surface area contributed by atoms with Crippen molar-refractivity contribution >= 4 is 15.9 Å². The Labute approximate surface area is 116 Å². The number of methoxy groups -OCH3 is 1. The summed E-state index contributed by atoms with van der Waals surface area (Å²) in [6, 6.07) is 1.77. The van der Waals surface area contributed by atoms with E-state index in [1.54, 1.807) is 7.11 Å². The molecule has 4 heteroatoms. The number of rotatable bonds is 3. The van der Waals surface area contributed by atoms with Gasteiger partial charge in [-0.15, -0.1) is 0 Å². The van der Waals surface area contributed by atoms with E-state index in [9.17, 15) is 5.11 Å². The lowest BCUT2D eigenvalue weighted by Gasteiger charge is -2.21. The molecule has 0 heterocycles. The predicted molar refractivity (Wildman–Crippen MR) is 76.0 cm³/mol. The van der Waals surface area contributed by atoms with Crippen LogP contribution in [0.15, 0.2) is 10.5 Å². The zero-order valence-electron chi connectivity index (χ0n) is 10.7. The lowest BCUT2D eigenvalue weighted by molar-refractivity contribution is 0.263. The molecule has 100 valence electrons. The summed E-state index contributed by atoms with van der Waals surface area (Å²) in [5, 5.41) is 9.38. The van der Waals surface area contributed by atoms with E-state index in [0.717, 1.165) is 28.6 Å². The van der Waals surface area contributed by atoms with Crippen molar-refractivity contribution in [2.24, 2.45) is 5.73 Å². The SMILES string of the molecule is COc1c(Br)cc2c(c1C(N)CO)CCCCC2. The summed E-state index contributed by atoms with van der Waals surface area (Å²) in [5.41, 5.74) is 9.67. The maximum Gasteiger partial charge on any atom is 0.138 e. The summed E-state index contributed by atoms with van der Waals surface area (Å²) in [6.45, 7) is -0.0563. The summed E-state index contributed by atoms with van der Waals surface area (Å²) in [4.78, 5) is 0. The summed E-state index contributed by atoms with van der Waals surface area (Å²) < 4.78 is 6.40. The highest BCUT2D eigenvalue weighted by molar-refractivity contribution is 9.10. The third-order valence-electron chi connectivity index (χ3n) is 3.62. The molecule has 1 aliphatic carbocycles. The number of aryl methyl sites for hydroxylation is 1. The summed E-state index contributed by atoms with van der Waals surface area (Å²) >= 11 is 3.55. The molecule has 0 saturated carbocycles. The molecule has 0 saturated heterocycles. The number of aliphatic hydroxyl groups excluding tert-OH is 1. The Balaban J connectivity index is 2.60. The number of nitrogens with two attached hydrogens (primary N) is 1. The maximum absolute atomic E-state index is 9.38. The molecule has 0 fully saturated rings. The first-order chi connectivity index (χ1) is 8.69. The van der Waals surface area contributed by atoms with Crippen LogP contribution in [0.4, 0.5) is 0 Å². The molecule has 0 amide bonds. The minimum atomic E-state index is -0.371. The molecule has 1 aliphatic rings. The topological polar surface area (TPSA) is 55.5 Å². The zero-order valence-corrected chi connectivity index (χ0v) is 12.3. The van der Waals surface area contributed by atoms with Crippen LogP contribution in [0, 0.1) is 0 Å². The monoisotopic (exact) mass is 313 g/mol. The molecule has 18 heavy (non-hydrogen) atoms. The molecule has 3 N–H and O–H groups in total. The highest BCUT2D eigenvalue weighted by Crippen LogP contribution is 2.39. The van der Waals surface area contributed by atoms with Crippen molar-refractivity contribution in [2.75, 3.05) is 13.7 Å². The Morgan fingerprint density at radius 1 is 1.39 bits per heavy atom. The molecule has 3 nitrogen and oxygen atoms in total. The predicted octanol–water partition coefficient (Wildman–Crippen LogP) is 2.72. The van der Waals surface area contributed by atoms with Crippen molar-refractivity contribution in [3.05, 3.63) is 27.2 Å². The molecule has 0 bridgehead atoms. The van der Waals surface area contributed by atoms with Gasteiger partial charge >= 0.3 is 0 Å². The van der Waals surface area contributed by atoms with Gasteiger partial charge in [-0.2, -0.15) is 0 Å². The van der Waals surface area contributed by atoms with Crippen LogP contribution in [-0.4, -0.2) is 18.8 Å². The van der Waals surface area contributed by atoms with E-state index >= 15 is 0 Å². The summed E-state index contributed by atoms with van der Waals surface area (Å²) in [5.74, 6) is 0.775. The second-order valence-corrected chi connectivity index (χ2v) is 5.65. The number of fused-ring (bicyclic) bond motifs is 1. The molecule has 1 atom stereocenters. The summed E-state index contributed by atoms with van der Waals surface area (Å²) in [7, 11) is 1.65. The van der Waals surface area contributed by atoms with Crippen LogP contribution in [0.3, 0.4) is 0 Å².